The molecule has 1 fully saturated rings. The Bertz CT molecular complexity index is 588. The largest absolute Gasteiger partial charge is 0.491 e. The molecular formula is C18H24N2O3. The van der Waals surface area contributed by atoms with Crippen LogP contribution < -0.4 is 4.74 Å². The van der Waals surface area contributed by atoms with Gasteiger partial charge >= 0.3 is 0 Å². The second-order valence-electron chi connectivity index (χ2n) is 5.90. The number of ether oxygens (including phenoxy) is 1. The van der Waals surface area contributed by atoms with E-state index in [1.165, 1.54) is 0 Å². The summed E-state index contributed by atoms with van der Waals surface area (Å²) in [6.07, 6.45) is 3.50. The molecule has 0 N–H and O–H groups in total. The number of piperazine rings is 1. The summed E-state index contributed by atoms with van der Waals surface area (Å²) in [5.41, 5.74) is 0.930. The van der Waals surface area contributed by atoms with Crippen molar-refractivity contribution in [3.05, 3.63) is 35.9 Å². The van der Waals surface area contributed by atoms with Crippen LogP contribution in [0.25, 0.3) is 6.08 Å². The van der Waals surface area contributed by atoms with E-state index < -0.39 is 0 Å². The molecule has 1 aliphatic rings. The summed E-state index contributed by atoms with van der Waals surface area (Å²) in [5, 5.41) is 0. The van der Waals surface area contributed by atoms with Crippen molar-refractivity contribution < 1.29 is 14.3 Å². The molecule has 1 saturated heterocycles. The molecule has 0 unspecified atom stereocenters. The van der Waals surface area contributed by atoms with Gasteiger partial charge in [0, 0.05) is 39.2 Å². The fourth-order valence-corrected chi connectivity index (χ4v) is 2.48. The first-order valence-corrected chi connectivity index (χ1v) is 7.95. The Labute approximate surface area is 137 Å². The van der Waals surface area contributed by atoms with Crippen molar-refractivity contribution in [3.63, 3.8) is 0 Å². The summed E-state index contributed by atoms with van der Waals surface area (Å²) in [6.45, 7) is 7.89. The van der Waals surface area contributed by atoms with Gasteiger partial charge in [-0.2, -0.15) is 0 Å². The molecule has 5 heteroatoms. The molecule has 1 aromatic carbocycles. The molecule has 5 nitrogen and oxygen atoms in total. The highest BCUT2D eigenvalue weighted by molar-refractivity contribution is 5.92. The first-order valence-electron chi connectivity index (χ1n) is 7.95. The number of rotatable bonds is 4. The lowest BCUT2D eigenvalue weighted by Crippen LogP contribution is -2.49. The maximum atomic E-state index is 12.2. The molecule has 0 atom stereocenters. The minimum Gasteiger partial charge on any atom is -0.491 e. The molecule has 0 bridgehead atoms. The number of carbonyl (C=O) groups excluding carboxylic acids is 2. The molecule has 0 saturated carbocycles. The minimum atomic E-state index is -0.0246. The van der Waals surface area contributed by atoms with Gasteiger partial charge in [-0.05, 0) is 37.6 Å². The molecule has 2 amide bonds. The molecule has 0 spiro atoms. The maximum Gasteiger partial charge on any atom is 0.246 e. The van der Waals surface area contributed by atoms with Gasteiger partial charge in [-0.15, -0.1) is 0 Å². The van der Waals surface area contributed by atoms with Crippen LogP contribution in [0, 0.1) is 0 Å². The van der Waals surface area contributed by atoms with E-state index in [1.807, 2.05) is 38.1 Å². The number of carbonyl (C=O) groups is 2. The van der Waals surface area contributed by atoms with Crippen molar-refractivity contribution in [2.75, 3.05) is 26.2 Å². The van der Waals surface area contributed by atoms with Gasteiger partial charge in [0.15, 0.2) is 0 Å². The number of amides is 2. The van der Waals surface area contributed by atoms with Gasteiger partial charge < -0.3 is 14.5 Å². The summed E-state index contributed by atoms with van der Waals surface area (Å²) in [5.74, 6) is 0.836. The first-order chi connectivity index (χ1) is 11.0. The van der Waals surface area contributed by atoms with Crippen molar-refractivity contribution in [1.82, 2.24) is 9.80 Å². The van der Waals surface area contributed by atoms with E-state index in [0.717, 1.165) is 11.3 Å². The topological polar surface area (TPSA) is 49.9 Å². The van der Waals surface area contributed by atoms with E-state index in [1.54, 1.807) is 28.9 Å². The fraction of sp³-hybridized carbons (Fsp3) is 0.444. The van der Waals surface area contributed by atoms with E-state index in [-0.39, 0.29) is 17.9 Å². The summed E-state index contributed by atoms with van der Waals surface area (Å²) in [4.78, 5) is 27.0. The smallest absolute Gasteiger partial charge is 0.246 e. The Balaban J connectivity index is 1.92. The lowest BCUT2D eigenvalue weighted by Gasteiger charge is -2.33. The van der Waals surface area contributed by atoms with Gasteiger partial charge in [0.2, 0.25) is 11.8 Å². The minimum absolute atomic E-state index is 0.0246. The van der Waals surface area contributed by atoms with Gasteiger partial charge in [0.05, 0.1) is 6.10 Å². The van der Waals surface area contributed by atoms with E-state index in [9.17, 15) is 9.59 Å². The Morgan fingerprint density at radius 3 is 2.39 bits per heavy atom. The third kappa shape index (κ3) is 5.13. The summed E-state index contributed by atoms with van der Waals surface area (Å²) in [7, 11) is 0. The molecule has 0 aliphatic carbocycles. The number of nitrogens with zero attached hydrogens (tertiary/aromatic N) is 2. The fourth-order valence-electron chi connectivity index (χ4n) is 2.48. The van der Waals surface area contributed by atoms with Crippen LogP contribution in [0.2, 0.25) is 0 Å². The SMILES string of the molecule is CC(=O)N1CCN(C(=O)/C=C/c2cccc(OC(C)C)c2)CC1. The zero-order valence-electron chi connectivity index (χ0n) is 14.0. The molecule has 1 aliphatic heterocycles. The Morgan fingerprint density at radius 1 is 1.13 bits per heavy atom. The van der Waals surface area contributed by atoms with Crippen LogP contribution >= 0.6 is 0 Å². The monoisotopic (exact) mass is 316 g/mol. The van der Waals surface area contributed by atoms with Crippen LogP contribution in [-0.4, -0.2) is 53.9 Å². The van der Waals surface area contributed by atoms with Gasteiger partial charge in [0.25, 0.3) is 0 Å². The molecule has 0 radical (unpaired) electrons. The van der Waals surface area contributed by atoms with Gasteiger partial charge in [-0.1, -0.05) is 12.1 Å². The van der Waals surface area contributed by atoms with Crippen molar-refractivity contribution in [2.45, 2.75) is 26.9 Å². The third-order valence-corrected chi connectivity index (χ3v) is 3.68. The zero-order valence-corrected chi connectivity index (χ0v) is 14.0. The molecule has 1 aromatic rings. The highest BCUT2D eigenvalue weighted by atomic mass is 16.5. The van der Waals surface area contributed by atoms with Crippen LogP contribution in [0.3, 0.4) is 0 Å². The Morgan fingerprint density at radius 2 is 1.78 bits per heavy atom. The summed E-state index contributed by atoms with van der Waals surface area (Å²) >= 11 is 0. The van der Waals surface area contributed by atoms with Crippen LogP contribution in [0.1, 0.15) is 26.3 Å². The predicted molar refractivity (Wildman–Crippen MR) is 90.1 cm³/mol. The van der Waals surface area contributed by atoms with E-state index in [2.05, 4.69) is 0 Å². The van der Waals surface area contributed by atoms with Gasteiger partial charge in [0.1, 0.15) is 5.75 Å². The van der Waals surface area contributed by atoms with Gasteiger partial charge in [-0.25, -0.2) is 0 Å². The second kappa shape index (κ2) is 7.81. The normalized spacial score (nSPS) is 15.3. The van der Waals surface area contributed by atoms with Crippen molar-refractivity contribution in [2.24, 2.45) is 0 Å². The number of benzene rings is 1. The lowest BCUT2D eigenvalue weighted by molar-refractivity contribution is -0.135. The molecule has 124 valence electrons. The highest BCUT2D eigenvalue weighted by Crippen LogP contribution is 2.16. The summed E-state index contributed by atoms with van der Waals surface area (Å²) < 4.78 is 5.65. The molecule has 2 rings (SSSR count). The number of hydrogen-bond acceptors (Lipinski definition) is 3. The first kappa shape index (κ1) is 17.1. The van der Waals surface area contributed by atoms with Crippen molar-refractivity contribution in [3.8, 4) is 5.75 Å². The predicted octanol–water partition coefficient (Wildman–Crippen LogP) is 2.18. The van der Waals surface area contributed by atoms with Crippen LogP contribution in [0.15, 0.2) is 30.3 Å². The summed E-state index contributed by atoms with van der Waals surface area (Å²) in [6, 6.07) is 7.66. The Hall–Kier alpha value is -2.30. The van der Waals surface area contributed by atoms with E-state index in [0.29, 0.717) is 26.2 Å². The molecule has 1 heterocycles. The second-order valence-corrected chi connectivity index (χ2v) is 5.90. The average Bonchev–Trinajstić information content (AvgIpc) is 2.52. The Kier molecular flexibility index (Phi) is 5.79. The van der Waals surface area contributed by atoms with Crippen LogP contribution in [0.4, 0.5) is 0 Å². The van der Waals surface area contributed by atoms with Crippen molar-refractivity contribution in [1.29, 1.82) is 0 Å². The van der Waals surface area contributed by atoms with E-state index in [4.69, 9.17) is 4.74 Å². The highest BCUT2D eigenvalue weighted by Gasteiger charge is 2.20. The standard InChI is InChI=1S/C18H24N2O3/c1-14(2)23-17-6-4-5-16(13-17)7-8-18(22)20-11-9-19(10-12-20)15(3)21/h4-8,13-14H,9-12H2,1-3H3/b8-7+. The van der Waals surface area contributed by atoms with Crippen LogP contribution in [-0.2, 0) is 9.59 Å². The quantitative estimate of drug-likeness (QED) is 0.800. The molecular weight excluding hydrogens is 292 g/mol. The number of hydrogen-bond donors (Lipinski definition) is 0. The zero-order chi connectivity index (χ0) is 16.8. The maximum absolute atomic E-state index is 12.2. The molecule has 23 heavy (non-hydrogen) atoms. The molecule has 0 aromatic heterocycles. The van der Waals surface area contributed by atoms with E-state index >= 15 is 0 Å². The average molecular weight is 316 g/mol. The lowest BCUT2D eigenvalue weighted by atomic mass is 10.2. The van der Waals surface area contributed by atoms with Crippen LogP contribution in [0.5, 0.6) is 5.75 Å². The van der Waals surface area contributed by atoms with Crippen molar-refractivity contribution >= 4 is 17.9 Å². The van der Waals surface area contributed by atoms with Gasteiger partial charge in [-0.3, -0.25) is 9.59 Å². The third-order valence-electron chi connectivity index (χ3n) is 3.68.